The van der Waals surface area contributed by atoms with Gasteiger partial charge in [0.05, 0.1) is 6.54 Å². The second kappa shape index (κ2) is 6.22. The molecule has 4 N–H and O–H groups in total. The van der Waals surface area contributed by atoms with Crippen LogP contribution in [0.25, 0.3) is 0 Å². The smallest absolute Gasteiger partial charge is 0.233 e. The summed E-state index contributed by atoms with van der Waals surface area (Å²) in [5.74, 6) is -0.0445. The van der Waals surface area contributed by atoms with Gasteiger partial charge in [-0.15, -0.1) is 12.4 Å². The van der Waals surface area contributed by atoms with Crippen molar-refractivity contribution in [3.63, 3.8) is 0 Å². The molecule has 0 aromatic carbocycles. The van der Waals surface area contributed by atoms with Crippen LogP contribution in [0.5, 0.6) is 0 Å². The van der Waals surface area contributed by atoms with Gasteiger partial charge in [0.2, 0.25) is 5.91 Å². The number of halogens is 1. The first-order chi connectivity index (χ1) is 5.33. The van der Waals surface area contributed by atoms with Gasteiger partial charge in [0, 0.05) is 6.04 Å². The molecule has 0 aliphatic carbocycles. The van der Waals surface area contributed by atoms with Crippen molar-refractivity contribution in [2.24, 2.45) is 5.73 Å². The largest absolute Gasteiger partial charge is 0.352 e. The zero-order valence-corrected chi connectivity index (χ0v) is 7.82. The highest BCUT2D eigenvalue weighted by atomic mass is 35.5. The standard InChI is InChI=1S/C7H15N3O.ClH/c8-5-7(11)10-6-1-3-9-4-2-6;/h6,9H,1-5,8H2,(H,10,11);1H. The van der Waals surface area contributed by atoms with Crippen LogP contribution in [0.2, 0.25) is 0 Å². The highest BCUT2D eigenvalue weighted by Gasteiger charge is 2.13. The van der Waals surface area contributed by atoms with E-state index in [1.54, 1.807) is 0 Å². The second-order valence-corrected chi connectivity index (χ2v) is 2.80. The van der Waals surface area contributed by atoms with Crippen molar-refractivity contribution in [2.45, 2.75) is 18.9 Å². The van der Waals surface area contributed by atoms with E-state index in [-0.39, 0.29) is 24.9 Å². The molecule has 0 spiro atoms. The molecule has 1 rings (SSSR count). The predicted octanol–water partition coefficient (Wildman–Crippen LogP) is -0.765. The fourth-order valence-electron chi connectivity index (χ4n) is 1.25. The molecule has 0 aromatic rings. The highest BCUT2D eigenvalue weighted by molar-refractivity contribution is 5.85. The average molecular weight is 194 g/mol. The van der Waals surface area contributed by atoms with Crippen molar-refractivity contribution >= 4 is 18.3 Å². The van der Waals surface area contributed by atoms with Gasteiger partial charge in [0.1, 0.15) is 0 Å². The zero-order chi connectivity index (χ0) is 8.10. The Bertz CT molecular complexity index is 137. The lowest BCUT2D eigenvalue weighted by molar-refractivity contribution is -0.120. The second-order valence-electron chi connectivity index (χ2n) is 2.80. The Morgan fingerprint density at radius 1 is 1.50 bits per heavy atom. The molecule has 1 amide bonds. The van der Waals surface area contributed by atoms with E-state index in [2.05, 4.69) is 10.6 Å². The summed E-state index contributed by atoms with van der Waals surface area (Å²) in [4.78, 5) is 10.8. The number of nitrogens with one attached hydrogen (secondary N) is 2. The summed E-state index contributed by atoms with van der Waals surface area (Å²) in [6.45, 7) is 2.09. The van der Waals surface area contributed by atoms with Gasteiger partial charge in [-0.05, 0) is 25.9 Å². The molecule has 1 saturated heterocycles. The highest BCUT2D eigenvalue weighted by Crippen LogP contribution is 2.00. The number of carbonyl (C=O) groups excluding carboxylic acids is 1. The third kappa shape index (κ3) is 3.90. The fraction of sp³-hybridized carbons (Fsp3) is 0.857. The quantitative estimate of drug-likeness (QED) is 0.540. The maximum atomic E-state index is 10.8. The first-order valence-electron chi connectivity index (χ1n) is 4.03. The summed E-state index contributed by atoms with van der Waals surface area (Å²) in [7, 11) is 0. The van der Waals surface area contributed by atoms with E-state index >= 15 is 0 Å². The van der Waals surface area contributed by atoms with Gasteiger partial charge >= 0.3 is 0 Å². The topological polar surface area (TPSA) is 67.2 Å². The normalized spacial score (nSPS) is 18.1. The molecule has 0 aromatic heterocycles. The number of amides is 1. The molecule has 1 fully saturated rings. The molecule has 72 valence electrons. The molecule has 1 aliphatic rings. The summed E-state index contributed by atoms with van der Waals surface area (Å²) < 4.78 is 0. The van der Waals surface area contributed by atoms with Gasteiger partial charge in [-0.25, -0.2) is 0 Å². The van der Waals surface area contributed by atoms with E-state index in [9.17, 15) is 4.79 Å². The van der Waals surface area contributed by atoms with Gasteiger partial charge in [0.25, 0.3) is 0 Å². The SMILES string of the molecule is Cl.NCC(=O)NC1CCNCC1. The lowest BCUT2D eigenvalue weighted by Gasteiger charge is -2.23. The van der Waals surface area contributed by atoms with Crippen LogP contribution in [-0.2, 0) is 4.79 Å². The molecule has 0 saturated carbocycles. The predicted molar refractivity (Wildman–Crippen MR) is 50.3 cm³/mol. The first kappa shape index (κ1) is 11.7. The number of hydrogen-bond donors (Lipinski definition) is 3. The van der Waals surface area contributed by atoms with Crippen molar-refractivity contribution in [3.05, 3.63) is 0 Å². The Labute approximate surface area is 78.7 Å². The van der Waals surface area contributed by atoms with Gasteiger partial charge < -0.3 is 16.4 Å². The van der Waals surface area contributed by atoms with Crippen molar-refractivity contribution in [3.8, 4) is 0 Å². The number of rotatable bonds is 2. The van der Waals surface area contributed by atoms with Crippen LogP contribution < -0.4 is 16.4 Å². The zero-order valence-electron chi connectivity index (χ0n) is 7.01. The van der Waals surface area contributed by atoms with Gasteiger partial charge in [-0.2, -0.15) is 0 Å². The minimum absolute atomic E-state index is 0. The summed E-state index contributed by atoms with van der Waals surface area (Å²) >= 11 is 0. The van der Waals surface area contributed by atoms with Gasteiger partial charge in [-0.1, -0.05) is 0 Å². The van der Waals surface area contributed by atoms with E-state index < -0.39 is 0 Å². The monoisotopic (exact) mass is 193 g/mol. The van der Waals surface area contributed by atoms with Crippen molar-refractivity contribution in [2.75, 3.05) is 19.6 Å². The number of piperidine rings is 1. The molecular weight excluding hydrogens is 178 g/mol. The van der Waals surface area contributed by atoms with Crippen LogP contribution in [0.1, 0.15) is 12.8 Å². The van der Waals surface area contributed by atoms with E-state index in [1.807, 2.05) is 0 Å². The minimum Gasteiger partial charge on any atom is -0.352 e. The Hall–Kier alpha value is -0.320. The van der Waals surface area contributed by atoms with Crippen LogP contribution in [0.15, 0.2) is 0 Å². The third-order valence-corrected chi connectivity index (χ3v) is 1.89. The average Bonchev–Trinajstić information content (AvgIpc) is 2.06. The Kier molecular flexibility index (Phi) is 6.06. The van der Waals surface area contributed by atoms with E-state index in [0.717, 1.165) is 25.9 Å². The van der Waals surface area contributed by atoms with Crippen LogP contribution in [-0.4, -0.2) is 31.6 Å². The van der Waals surface area contributed by atoms with E-state index in [4.69, 9.17) is 5.73 Å². The first-order valence-corrected chi connectivity index (χ1v) is 4.03. The molecule has 0 radical (unpaired) electrons. The molecular formula is C7H16ClN3O. The Morgan fingerprint density at radius 2 is 2.08 bits per heavy atom. The number of nitrogens with two attached hydrogens (primary N) is 1. The molecule has 12 heavy (non-hydrogen) atoms. The molecule has 0 unspecified atom stereocenters. The Morgan fingerprint density at radius 3 is 2.58 bits per heavy atom. The molecule has 0 bridgehead atoms. The summed E-state index contributed by atoms with van der Waals surface area (Å²) in [6, 6.07) is 0.340. The lowest BCUT2D eigenvalue weighted by atomic mass is 10.1. The van der Waals surface area contributed by atoms with Crippen molar-refractivity contribution < 1.29 is 4.79 Å². The lowest BCUT2D eigenvalue weighted by Crippen LogP contribution is -2.44. The van der Waals surface area contributed by atoms with Crippen molar-refractivity contribution in [1.29, 1.82) is 0 Å². The van der Waals surface area contributed by atoms with Crippen LogP contribution in [0.3, 0.4) is 0 Å². The molecule has 1 aliphatic heterocycles. The van der Waals surface area contributed by atoms with Crippen LogP contribution in [0.4, 0.5) is 0 Å². The Balaban J connectivity index is 0.00000121. The number of hydrogen-bond acceptors (Lipinski definition) is 3. The fourth-order valence-corrected chi connectivity index (χ4v) is 1.25. The summed E-state index contributed by atoms with van der Waals surface area (Å²) in [5, 5.41) is 6.09. The molecule has 0 atom stereocenters. The van der Waals surface area contributed by atoms with E-state index in [1.165, 1.54) is 0 Å². The summed E-state index contributed by atoms with van der Waals surface area (Å²) in [6.07, 6.45) is 2.04. The molecule has 1 heterocycles. The molecule has 4 nitrogen and oxygen atoms in total. The third-order valence-electron chi connectivity index (χ3n) is 1.89. The maximum absolute atomic E-state index is 10.8. The van der Waals surface area contributed by atoms with Gasteiger partial charge in [-0.3, -0.25) is 4.79 Å². The minimum atomic E-state index is -0.0445. The van der Waals surface area contributed by atoms with Crippen molar-refractivity contribution in [1.82, 2.24) is 10.6 Å². The molecule has 5 heteroatoms. The van der Waals surface area contributed by atoms with Gasteiger partial charge in [0.15, 0.2) is 0 Å². The maximum Gasteiger partial charge on any atom is 0.233 e. The number of carbonyl (C=O) groups is 1. The van der Waals surface area contributed by atoms with Crippen LogP contribution >= 0.6 is 12.4 Å². The van der Waals surface area contributed by atoms with Crippen LogP contribution in [0, 0.1) is 0 Å². The van der Waals surface area contributed by atoms with E-state index in [0.29, 0.717) is 6.04 Å². The summed E-state index contributed by atoms with van der Waals surface area (Å²) in [5.41, 5.74) is 5.16.